The Balaban J connectivity index is 2.23. The average Bonchev–Trinajstić information content (AvgIpc) is 2.91. The van der Waals surface area contributed by atoms with Crippen molar-refractivity contribution in [1.29, 1.82) is 10.5 Å². The van der Waals surface area contributed by atoms with E-state index in [0.29, 0.717) is 12.0 Å². The van der Waals surface area contributed by atoms with E-state index >= 15 is 0 Å². The second kappa shape index (κ2) is 7.78. The highest BCUT2D eigenvalue weighted by atomic mass is 32.2. The first-order valence-electron chi connectivity index (χ1n) is 9.69. The van der Waals surface area contributed by atoms with Crippen LogP contribution in [-0.4, -0.2) is 25.8 Å². The standard InChI is InChI=1S/C22H26N2O3S/c1-5-27-20(25)22(28-13-24)18-8-16(12-23)6-7-17(18)11-21(22)9-14(2)19(26-4)15(3)10-21/h6-8,14-15,19H,5,9-11H2,1-4H3/t14-,15+,19?,21?,22-/m1/s1. The Bertz CT molecular complexity index is 844. The Labute approximate surface area is 171 Å². The molecule has 2 unspecified atom stereocenters. The number of methoxy groups -OCH3 is 1. The lowest BCUT2D eigenvalue weighted by molar-refractivity contribution is -0.154. The number of benzene rings is 1. The Morgan fingerprint density at radius 3 is 2.50 bits per heavy atom. The number of nitrogens with zero attached hydrogens (tertiary/aromatic N) is 2. The summed E-state index contributed by atoms with van der Waals surface area (Å²) in [6.07, 6.45) is 2.35. The van der Waals surface area contributed by atoms with Crippen LogP contribution in [0.4, 0.5) is 0 Å². The molecule has 0 saturated heterocycles. The molecule has 0 aliphatic heterocycles. The lowest BCUT2D eigenvalue weighted by Gasteiger charge is -2.51. The molecule has 5 nitrogen and oxygen atoms in total. The summed E-state index contributed by atoms with van der Waals surface area (Å²) in [6, 6.07) is 7.68. The summed E-state index contributed by atoms with van der Waals surface area (Å²) < 4.78 is 10.2. The highest BCUT2D eigenvalue weighted by Crippen LogP contribution is 2.65. The molecule has 3 rings (SSSR count). The molecule has 5 atom stereocenters. The third-order valence-corrected chi connectivity index (χ3v) is 7.69. The monoisotopic (exact) mass is 398 g/mol. The van der Waals surface area contributed by atoms with E-state index in [2.05, 4.69) is 25.3 Å². The lowest BCUT2D eigenvalue weighted by atomic mass is 9.59. The molecule has 0 radical (unpaired) electrons. The van der Waals surface area contributed by atoms with Gasteiger partial charge in [-0.15, -0.1) is 0 Å². The number of hydrogen-bond acceptors (Lipinski definition) is 6. The number of carbonyl (C=O) groups excluding carboxylic acids is 1. The van der Waals surface area contributed by atoms with Gasteiger partial charge < -0.3 is 9.47 Å². The summed E-state index contributed by atoms with van der Waals surface area (Å²) in [5.74, 6) is 0.115. The van der Waals surface area contributed by atoms with Gasteiger partial charge >= 0.3 is 5.97 Å². The molecular formula is C22H26N2O3S. The van der Waals surface area contributed by atoms with Crippen LogP contribution in [0, 0.1) is 39.2 Å². The second-order valence-corrected chi connectivity index (χ2v) is 9.10. The summed E-state index contributed by atoms with van der Waals surface area (Å²) in [5.41, 5.74) is 1.86. The third-order valence-electron chi connectivity index (χ3n) is 6.47. The van der Waals surface area contributed by atoms with Crippen molar-refractivity contribution in [3.05, 3.63) is 34.9 Å². The van der Waals surface area contributed by atoms with Crippen LogP contribution in [0.5, 0.6) is 0 Å². The van der Waals surface area contributed by atoms with Crippen molar-refractivity contribution in [3.63, 3.8) is 0 Å². The van der Waals surface area contributed by atoms with Crippen molar-refractivity contribution in [2.24, 2.45) is 17.3 Å². The number of esters is 1. The molecular weight excluding hydrogens is 372 g/mol. The summed E-state index contributed by atoms with van der Waals surface area (Å²) in [6.45, 7) is 6.34. The van der Waals surface area contributed by atoms with E-state index in [1.807, 2.05) is 6.07 Å². The maximum absolute atomic E-state index is 13.4. The number of rotatable bonds is 4. The summed E-state index contributed by atoms with van der Waals surface area (Å²) >= 11 is 0.995. The van der Waals surface area contributed by atoms with Gasteiger partial charge in [-0.1, -0.05) is 19.9 Å². The number of thioether (sulfide) groups is 1. The fourth-order valence-corrected chi connectivity index (χ4v) is 6.78. The molecule has 2 aliphatic carbocycles. The molecule has 2 aliphatic rings. The van der Waals surface area contributed by atoms with Crippen LogP contribution >= 0.6 is 11.8 Å². The molecule has 0 bridgehead atoms. The first kappa shape index (κ1) is 20.7. The first-order valence-corrected chi connectivity index (χ1v) is 10.5. The number of thiocyanates is 1. The number of ether oxygens (including phenoxy) is 2. The van der Waals surface area contributed by atoms with E-state index in [4.69, 9.17) is 9.47 Å². The van der Waals surface area contributed by atoms with Crippen molar-refractivity contribution < 1.29 is 14.3 Å². The fourth-order valence-electron chi connectivity index (χ4n) is 5.74. The zero-order valence-electron chi connectivity index (χ0n) is 16.8. The van der Waals surface area contributed by atoms with Crippen molar-refractivity contribution in [3.8, 4) is 11.5 Å². The van der Waals surface area contributed by atoms with Gasteiger partial charge in [0.2, 0.25) is 0 Å². The molecule has 0 heterocycles. The number of fused-ring (bicyclic) bond motifs is 1. The molecule has 28 heavy (non-hydrogen) atoms. The lowest BCUT2D eigenvalue weighted by Crippen LogP contribution is -2.53. The maximum atomic E-state index is 13.4. The van der Waals surface area contributed by atoms with E-state index < -0.39 is 10.2 Å². The summed E-state index contributed by atoms with van der Waals surface area (Å²) in [4.78, 5) is 13.4. The predicted molar refractivity (Wildman–Crippen MR) is 107 cm³/mol. The average molecular weight is 399 g/mol. The van der Waals surface area contributed by atoms with Crippen LogP contribution in [0.25, 0.3) is 0 Å². The maximum Gasteiger partial charge on any atom is 0.328 e. The van der Waals surface area contributed by atoms with Crippen LogP contribution in [0.1, 0.15) is 50.3 Å². The molecule has 6 heteroatoms. The predicted octanol–water partition coefficient (Wildman–Crippen LogP) is 4.15. The van der Waals surface area contributed by atoms with E-state index in [1.165, 1.54) is 0 Å². The molecule has 1 aromatic carbocycles. The van der Waals surface area contributed by atoms with E-state index in [9.17, 15) is 15.3 Å². The van der Waals surface area contributed by atoms with Gasteiger partial charge in [-0.25, -0.2) is 0 Å². The highest BCUT2D eigenvalue weighted by Gasteiger charge is 2.66. The largest absolute Gasteiger partial charge is 0.465 e. The molecule has 1 aromatic rings. The van der Waals surface area contributed by atoms with Crippen molar-refractivity contribution in [2.45, 2.75) is 50.9 Å². The molecule has 1 saturated carbocycles. The second-order valence-electron chi connectivity index (χ2n) is 8.10. The van der Waals surface area contributed by atoms with Crippen LogP contribution in [0.15, 0.2) is 18.2 Å². The van der Waals surface area contributed by atoms with E-state index in [1.54, 1.807) is 26.2 Å². The van der Waals surface area contributed by atoms with Gasteiger partial charge in [-0.2, -0.15) is 10.5 Å². The van der Waals surface area contributed by atoms with Gasteiger partial charge in [0.15, 0.2) is 4.75 Å². The van der Waals surface area contributed by atoms with Crippen LogP contribution in [-0.2, 0) is 25.4 Å². The minimum atomic E-state index is -1.12. The summed E-state index contributed by atoms with van der Waals surface area (Å²) in [7, 11) is 1.74. The smallest absolute Gasteiger partial charge is 0.328 e. The van der Waals surface area contributed by atoms with Gasteiger partial charge in [0.05, 0.1) is 24.3 Å². The van der Waals surface area contributed by atoms with Crippen molar-refractivity contribution in [1.82, 2.24) is 0 Å². The zero-order valence-corrected chi connectivity index (χ0v) is 17.6. The summed E-state index contributed by atoms with van der Waals surface area (Å²) in [5, 5.41) is 21.3. The minimum absolute atomic E-state index is 0.121. The number of carbonyl (C=O) groups is 1. The highest BCUT2D eigenvalue weighted by molar-refractivity contribution is 8.05. The molecule has 1 fully saturated rings. The normalized spacial score (nSPS) is 33.7. The van der Waals surface area contributed by atoms with E-state index in [0.717, 1.165) is 35.7 Å². The number of hydrogen-bond donors (Lipinski definition) is 0. The van der Waals surface area contributed by atoms with Gasteiger partial charge in [0, 0.05) is 12.5 Å². The Kier molecular flexibility index (Phi) is 5.75. The third kappa shape index (κ3) is 2.91. The Hall–Kier alpha value is -2.02. The first-order chi connectivity index (χ1) is 13.4. The quantitative estimate of drug-likeness (QED) is 0.559. The van der Waals surface area contributed by atoms with Crippen LogP contribution in [0.3, 0.4) is 0 Å². The van der Waals surface area contributed by atoms with Crippen molar-refractivity contribution in [2.75, 3.05) is 13.7 Å². The SMILES string of the molecule is CCOC(=O)[C@]1(SC#N)c2cc(C#N)ccc2CC12C[C@@H](C)C(OC)[C@@H](C)C2. The molecule has 0 amide bonds. The van der Waals surface area contributed by atoms with Gasteiger partial charge in [-0.05, 0) is 73.0 Å². The van der Waals surface area contributed by atoms with Crippen LogP contribution < -0.4 is 0 Å². The topological polar surface area (TPSA) is 83.1 Å². The molecule has 1 spiro atoms. The molecule has 0 aromatic heterocycles. The minimum Gasteiger partial charge on any atom is -0.465 e. The van der Waals surface area contributed by atoms with Crippen molar-refractivity contribution >= 4 is 17.7 Å². The van der Waals surface area contributed by atoms with Gasteiger partial charge in [-0.3, -0.25) is 4.79 Å². The van der Waals surface area contributed by atoms with Gasteiger partial charge in [0.1, 0.15) is 5.40 Å². The Morgan fingerprint density at radius 1 is 1.29 bits per heavy atom. The Morgan fingerprint density at radius 2 is 1.96 bits per heavy atom. The zero-order chi connectivity index (χ0) is 20.5. The number of nitriles is 2. The molecule has 0 N–H and O–H groups in total. The van der Waals surface area contributed by atoms with Gasteiger partial charge in [0.25, 0.3) is 0 Å². The van der Waals surface area contributed by atoms with E-state index in [-0.39, 0.29) is 30.5 Å². The fraction of sp³-hybridized carbons (Fsp3) is 0.591. The van der Waals surface area contributed by atoms with Crippen LogP contribution in [0.2, 0.25) is 0 Å². The molecule has 148 valence electrons.